The van der Waals surface area contributed by atoms with E-state index >= 15 is 0 Å². The molecule has 0 bridgehead atoms. The molecule has 0 fully saturated rings. The molecule has 0 aliphatic rings. The number of aliphatic hydroxyl groups excluding tert-OH is 1. The number of hydrogen-bond donors (Lipinski definition) is 1. The van der Waals surface area contributed by atoms with Gasteiger partial charge in [0.05, 0.1) is 6.61 Å². The lowest BCUT2D eigenvalue weighted by Crippen LogP contribution is -2.51. The van der Waals surface area contributed by atoms with E-state index in [-0.39, 0.29) is 0 Å². The highest BCUT2D eigenvalue weighted by Gasteiger charge is 2.38. The standard InChI is InChI=1S/C17H26FNO3/c1-13(18)17(5,12-20)22-15(21)19(16(2,3)4)11-14-9-7-6-8-10-14/h6-10,13,20H,11-12H2,1-5H3. The zero-order chi connectivity index (χ0) is 17.0. The van der Waals surface area contributed by atoms with Gasteiger partial charge in [0, 0.05) is 12.1 Å². The fraction of sp³-hybridized carbons (Fsp3) is 0.588. The van der Waals surface area contributed by atoms with Crippen LogP contribution in [0.15, 0.2) is 30.3 Å². The quantitative estimate of drug-likeness (QED) is 0.905. The summed E-state index contributed by atoms with van der Waals surface area (Å²) in [5.41, 5.74) is -1.09. The number of nitrogens with zero attached hydrogens (tertiary/aromatic N) is 1. The van der Waals surface area contributed by atoms with E-state index in [9.17, 15) is 14.3 Å². The van der Waals surface area contributed by atoms with Gasteiger partial charge in [0.15, 0.2) is 5.60 Å². The summed E-state index contributed by atoms with van der Waals surface area (Å²) >= 11 is 0. The molecule has 124 valence electrons. The minimum absolute atomic E-state index is 0.353. The van der Waals surface area contributed by atoms with Crippen LogP contribution >= 0.6 is 0 Å². The molecule has 5 heteroatoms. The van der Waals surface area contributed by atoms with Gasteiger partial charge in [-0.25, -0.2) is 9.18 Å². The van der Waals surface area contributed by atoms with Crippen LogP contribution in [-0.4, -0.2) is 40.0 Å². The Labute approximate surface area is 131 Å². The van der Waals surface area contributed by atoms with Crippen molar-refractivity contribution in [2.24, 2.45) is 0 Å². The van der Waals surface area contributed by atoms with Crippen molar-refractivity contribution in [3.05, 3.63) is 35.9 Å². The van der Waals surface area contributed by atoms with Gasteiger partial charge < -0.3 is 9.84 Å². The third kappa shape index (κ3) is 4.70. The number of hydrogen-bond acceptors (Lipinski definition) is 3. The summed E-state index contributed by atoms with van der Waals surface area (Å²) in [5, 5.41) is 9.34. The van der Waals surface area contributed by atoms with Crippen LogP contribution in [0.4, 0.5) is 9.18 Å². The van der Waals surface area contributed by atoms with Crippen LogP contribution in [0, 0.1) is 0 Å². The Morgan fingerprint density at radius 1 is 1.27 bits per heavy atom. The second-order valence-corrected chi connectivity index (χ2v) is 6.70. The minimum atomic E-state index is -1.54. The third-order valence-corrected chi connectivity index (χ3v) is 3.69. The second kappa shape index (κ2) is 7.09. The van der Waals surface area contributed by atoms with Gasteiger partial charge >= 0.3 is 6.09 Å². The van der Waals surface area contributed by atoms with Crippen molar-refractivity contribution in [2.45, 2.75) is 58.5 Å². The monoisotopic (exact) mass is 311 g/mol. The highest BCUT2D eigenvalue weighted by atomic mass is 19.1. The Morgan fingerprint density at radius 3 is 2.23 bits per heavy atom. The Hall–Kier alpha value is -1.62. The van der Waals surface area contributed by atoms with E-state index in [1.807, 2.05) is 51.1 Å². The molecule has 1 aromatic carbocycles. The van der Waals surface area contributed by atoms with Gasteiger partial charge in [-0.2, -0.15) is 0 Å². The molecule has 0 heterocycles. The number of alkyl halides is 1. The molecule has 2 atom stereocenters. The molecule has 0 radical (unpaired) electrons. The lowest BCUT2D eigenvalue weighted by atomic mass is 10.0. The molecule has 1 N–H and O–H groups in total. The van der Waals surface area contributed by atoms with Crippen LogP contribution < -0.4 is 0 Å². The summed E-state index contributed by atoms with van der Waals surface area (Å²) in [4.78, 5) is 14.0. The molecule has 0 aromatic heterocycles. The van der Waals surface area contributed by atoms with Crippen LogP contribution in [-0.2, 0) is 11.3 Å². The smallest absolute Gasteiger partial charge is 0.411 e. The van der Waals surface area contributed by atoms with E-state index in [1.54, 1.807) is 0 Å². The van der Waals surface area contributed by atoms with Crippen molar-refractivity contribution in [3.63, 3.8) is 0 Å². The van der Waals surface area contributed by atoms with Gasteiger partial charge in [-0.3, -0.25) is 4.90 Å². The van der Waals surface area contributed by atoms with Gasteiger partial charge in [0.1, 0.15) is 6.17 Å². The SMILES string of the molecule is CC(F)C(C)(CO)OC(=O)N(Cc1ccccc1)C(C)(C)C. The Morgan fingerprint density at radius 2 is 1.82 bits per heavy atom. The van der Waals surface area contributed by atoms with Crippen molar-refractivity contribution >= 4 is 6.09 Å². The molecule has 1 rings (SSSR count). The number of halogens is 1. The fourth-order valence-electron chi connectivity index (χ4n) is 1.84. The number of aliphatic hydroxyl groups is 1. The number of benzene rings is 1. The number of amides is 1. The Kier molecular flexibility index (Phi) is 5.94. The first-order chi connectivity index (χ1) is 10.1. The van der Waals surface area contributed by atoms with Crippen LogP contribution in [0.25, 0.3) is 0 Å². The topological polar surface area (TPSA) is 49.8 Å². The lowest BCUT2D eigenvalue weighted by Gasteiger charge is -2.38. The molecular weight excluding hydrogens is 285 g/mol. The minimum Gasteiger partial charge on any atom is -0.438 e. The number of carbonyl (C=O) groups excluding carboxylic acids is 1. The average molecular weight is 311 g/mol. The number of rotatable bonds is 5. The molecule has 22 heavy (non-hydrogen) atoms. The van der Waals surface area contributed by atoms with E-state index in [4.69, 9.17) is 4.74 Å². The molecular formula is C17H26FNO3. The third-order valence-electron chi connectivity index (χ3n) is 3.69. The van der Waals surface area contributed by atoms with Crippen LogP contribution in [0.5, 0.6) is 0 Å². The maximum absolute atomic E-state index is 13.6. The molecule has 0 saturated heterocycles. The maximum Gasteiger partial charge on any atom is 0.411 e. The molecule has 1 aromatic rings. The van der Waals surface area contributed by atoms with Gasteiger partial charge in [0.25, 0.3) is 0 Å². The summed E-state index contributed by atoms with van der Waals surface area (Å²) in [7, 11) is 0. The average Bonchev–Trinajstić information content (AvgIpc) is 2.44. The fourth-order valence-corrected chi connectivity index (χ4v) is 1.84. The summed E-state index contributed by atoms with van der Waals surface area (Å²) in [6.07, 6.45) is -2.11. The largest absolute Gasteiger partial charge is 0.438 e. The van der Waals surface area contributed by atoms with Gasteiger partial charge in [-0.05, 0) is 40.2 Å². The normalized spacial score (nSPS) is 15.8. The van der Waals surface area contributed by atoms with E-state index in [0.717, 1.165) is 5.56 Å². The van der Waals surface area contributed by atoms with Gasteiger partial charge in [0.2, 0.25) is 0 Å². The van der Waals surface area contributed by atoms with Crippen molar-refractivity contribution < 1.29 is 19.0 Å². The van der Waals surface area contributed by atoms with Crippen LogP contribution in [0.3, 0.4) is 0 Å². The molecule has 0 saturated carbocycles. The van der Waals surface area contributed by atoms with E-state index < -0.39 is 30.0 Å². The Balaban J connectivity index is 2.96. The first-order valence-corrected chi connectivity index (χ1v) is 7.39. The first kappa shape index (κ1) is 18.4. The molecule has 0 aliphatic carbocycles. The first-order valence-electron chi connectivity index (χ1n) is 7.39. The lowest BCUT2D eigenvalue weighted by molar-refractivity contribution is -0.0812. The van der Waals surface area contributed by atoms with Crippen LogP contribution in [0.1, 0.15) is 40.2 Å². The molecule has 2 unspecified atom stereocenters. The number of ether oxygens (including phenoxy) is 1. The van der Waals surface area contributed by atoms with Gasteiger partial charge in [-0.1, -0.05) is 30.3 Å². The summed E-state index contributed by atoms with van der Waals surface area (Å²) in [6.45, 7) is 8.08. The zero-order valence-corrected chi connectivity index (χ0v) is 14.0. The summed E-state index contributed by atoms with van der Waals surface area (Å²) in [5.74, 6) is 0. The van der Waals surface area contributed by atoms with E-state index in [0.29, 0.717) is 6.54 Å². The van der Waals surface area contributed by atoms with Crippen LogP contribution in [0.2, 0.25) is 0 Å². The van der Waals surface area contributed by atoms with Gasteiger partial charge in [-0.15, -0.1) is 0 Å². The second-order valence-electron chi connectivity index (χ2n) is 6.70. The molecule has 0 spiro atoms. The van der Waals surface area contributed by atoms with E-state index in [2.05, 4.69) is 0 Å². The number of carbonyl (C=O) groups is 1. The maximum atomic E-state index is 13.6. The molecule has 1 amide bonds. The highest BCUT2D eigenvalue weighted by molar-refractivity contribution is 5.69. The van der Waals surface area contributed by atoms with Crippen molar-refractivity contribution in [2.75, 3.05) is 6.61 Å². The zero-order valence-electron chi connectivity index (χ0n) is 14.0. The van der Waals surface area contributed by atoms with Crippen molar-refractivity contribution in [3.8, 4) is 0 Å². The van der Waals surface area contributed by atoms with E-state index in [1.165, 1.54) is 18.7 Å². The predicted octanol–water partition coefficient (Wildman–Crippen LogP) is 3.53. The predicted molar refractivity (Wildman–Crippen MR) is 84.3 cm³/mol. The highest BCUT2D eigenvalue weighted by Crippen LogP contribution is 2.24. The van der Waals surface area contributed by atoms with Crippen molar-refractivity contribution in [1.29, 1.82) is 0 Å². The summed E-state index contributed by atoms with van der Waals surface area (Å²) < 4.78 is 18.9. The molecule has 4 nitrogen and oxygen atoms in total. The van der Waals surface area contributed by atoms with Crippen molar-refractivity contribution in [1.82, 2.24) is 4.90 Å². The summed E-state index contributed by atoms with van der Waals surface area (Å²) in [6, 6.07) is 9.51. The molecule has 0 aliphatic heterocycles. The Bertz CT molecular complexity index is 484.